The van der Waals surface area contributed by atoms with E-state index >= 15 is 0 Å². The maximum Gasteiger partial charge on any atom is 0.239 e. The van der Waals surface area contributed by atoms with Crippen LogP contribution in [-0.2, 0) is 4.74 Å². The Kier molecular flexibility index (Phi) is 4.25. The number of pyridine rings is 1. The quantitative estimate of drug-likeness (QED) is 0.860. The molecule has 1 atom stereocenters. The summed E-state index contributed by atoms with van der Waals surface area (Å²) in [4.78, 5) is 6.73. The van der Waals surface area contributed by atoms with Gasteiger partial charge in [-0.2, -0.15) is 4.98 Å². The fraction of sp³-hybridized carbons (Fsp3) is 0.615. The molecule has 0 aliphatic carbocycles. The van der Waals surface area contributed by atoms with Gasteiger partial charge in [-0.3, -0.25) is 0 Å². The molecule has 0 radical (unpaired) electrons. The number of rotatable bonds is 5. The molecule has 0 aromatic carbocycles. The van der Waals surface area contributed by atoms with E-state index in [1.54, 1.807) is 7.11 Å². The molecule has 1 aliphatic heterocycles. The highest BCUT2D eigenvalue weighted by atomic mass is 16.5. The highest BCUT2D eigenvalue weighted by Gasteiger charge is 2.23. The lowest BCUT2D eigenvalue weighted by atomic mass is 10.1. The van der Waals surface area contributed by atoms with E-state index in [9.17, 15) is 0 Å². The minimum atomic E-state index is 0.533. The minimum absolute atomic E-state index is 0.533. The summed E-state index contributed by atoms with van der Waals surface area (Å²) in [5.41, 5.74) is 6.41. The molecular formula is C13H21N3O2. The van der Waals surface area contributed by atoms with E-state index in [1.165, 1.54) is 0 Å². The van der Waals surface area contributed by atoms with Crippen molar-refractivity contribution in [1.29, 1.82) is 0 Å². The van der Waals surface area contributed by atoms with Gasteiger partial charge in [-0.25, -0.2) is 0 Å². The van der Waals surface area contributed by atoms with Crippen LogP contribution in [0, 0.1) is 5.92 Å². The molecule has 1 aliphatic rings. The Hall–Kier alpha value is -1.49. The van der Waals surface area contributed by atoms with Gasteiger partial charge >= 0.3 is 0 Å². The largest absolute Gasteiger partial charge is 0.476 e. The van der Waals surface area contributed by atoms with E-state index in [1.807, 2.05) is 19.1 Å². The van der Waals surface area contributed by atoms with Crippen LogP contribution < -0.4 is 15.4 Å². The number of methoxy groups -OCH3 is 1. The van der Waals surface area contributed by atoms with Gasteiger partial charge in [0, 0.05) is 26.1 Å². The van der Waals surface area contributed by atoms with Crippen molar-refractivity contribution >= 4 is 11.5 Å². The molecule has 0 spiro atoms. The molecule has 2 rings (SSSR count). The van der Waals surface area contributed by atoms with Gasteiger partial charge in [-0.1, -0.05) is 0 Å². The summed E-state index contributed by atoms with van der Waals surface area (Å²) in [6.07, 6.45) is 1.14. The second-order valence-corrected chi connectivity index (χ2v) is 4.55. The zero-order valence-corrected chi connectivity index (χ0v) is 11.1. The van der Waals surface area contributed by atoms with Crippen LogP contribution in [0.5, 0.6) is 5.88 Å². The van der Waals surface area contributed by atoms with E-state index in [0.717, 1.165) is 31.9 Å². The molecule has 0 amide bonds. The lowest BCUT2D eigenvalue weighted by Gasteiger charge is -2.18. The predicted octanol–water partition coefficient (Wildman–Crippen LogP) is 1.54. The SMILES string of the molecule is CCOc1nc(N2CCC(COC)C2)ccc1N. The van der Waals surface area contributed by atoms with Crippen molar-refractivity contribution < 1.29 is 9.47 Å². The first-order chi connectivity index (χ1) is 8.74. The second-order valence-electron chi connectivity index (χ2n) is 4.55. The van der Waals surface area contributed by atoms with Gasteiger partial charge in [-0.15, -0.1) is 0 Å². The second kappa shape index (κ2) is 5.91. The van der Waals surface area contributed by atoms with Crippen molar-refractivity contribution in [2.75, 3.05) is 44.0 Å². The number of nitrogens with zero attached hydrogens (tertiary/aromatic N) is 2. The van der Waals surface area contributed by atoms with Crippen molar-refractivity contribution in [3.63, 3.8) is 0 Å². The van der Waals surface area contributed by atoms with E-state index < -0.39 is 0 Å². The van der Waals surface area contributed by atoms with Crippen LogP contribution in [0.15, 0.2) is 12.1 Å². The molecule has 5 nitrogen and oxygen atoms in total. The fourth-order valence-electron chi connectivity index (χ4n) is 2.28. The van der Waals surface area contributed by atoms with Crippen LogP contribution in [0.4, 0.5) is 11.5 Å². The molecule has 1 aromatic heterocycles. The van der Waals surface area contributed by atoms with Crippen molar-refractivity contribution in [3.05, 3.63) is 12.1 Å². The Morgan fingerprint density at radius 1 is 1.50 bits per heavy atom. The molecule has 0 bridgehead atoms. The van der Waals surface area contributed by atoms with Gasteiger partial charge in [-0.05, 0) is 25.5 Å². The van der Waals surface area contributed by atoms with Gasteiger partial charge in [0.1, 0.15) is 5.82 Å². The average Bonchev–Trinajstić information content (AvgIpc) is 2.81. The normalized spacial score (nSPS) is 19.2. The van der Waals surface area contributed by atoms with Crippen LogP contribution in [0.3, 0.4) is 0 Å². The number of anilines is 2. The first-order valence-electron chi connectivity index (χ1n) is 6.37. The van der Waals surface area contributed by atoms with Gasteiger partial charge in [0.15, 0.2) is 0 Å². The number of aromatic nitrogens is 1. The molecule has 1 fully saturated rings. The lowest BCUT2D eigenvalue weighted by Crippen LogP contribution is -2.22. The maximum atomic E-state index is 5.82. The molecular weight excluding hydrogens is 230 g/mol. The Morgan fingerprint density at radius 3 is 3.06 bits per heavy atom. The monoisotopic (exact) mass is 251 g/mol. The summed E-state index contributed by atoms with van der Waals surface area (Å²) in [5.74, 6) is 2.06. The maximum absolute atomic E-state index is 5.82. The van der Waals surface area contributed by atoms with Crippen LogP contribution in [0.2, 0.25) is 0 Å². The molecule has 2 heterocycles. The van der Waals surface area contributed by atoms with Crippen LogP contribution in [-0.4, -0.2) is 38.4 Å². The third kappa shape index (κ3) is 2.85. The number of hydrogen-bond donors (Lipinski definition) is 1. The standard InChI is InChI=1S/C13H21N3O2/c1-3-18-13-11(14)4-5-12(15-13)16-7-6-10(8-16)9-17-2/h4-5,10H,3,6-9,14H2,1-2H3. The van der Waals surface area contributed by atoms with Crippen LogP contribution in [0.1, 0.15) is 13.3 Å². The third-order valence-corrected chi connectivity index (χ3v) is 3.17. The average molecular weight is 251 g/mol. The number of nitrogens with two attached hydrogens (primary N) is 1. The zero-order chi connectivity index (χ0) is 13.0. The van der Waals surface area contributed by atoms with Gasteiger partial charge in [0.25, 0.3) is 0 Å². The topological polar surface area (TPSA) is 60.6 Å². The third-order valence-electron chi connectivity index (χ3n) is 3.17. The van der Waals surface area contributed by atoms with Crippen molar-refractivity contribution in [2.24, 2.45) is 5.92 Å². The smallest absolute Gasteiger partial charge is 0.239 e. The van der Waals surface area contributed by atoms with Gasteiger partial charge in [0.05, 0.1) is 18.9 Å². The molecule has 0 saturated carbocycles. The Labute approximate surface area is 108 Å². The van der Waals surface area contributed by atoms with Gasteiger partial charge < -0.3 is 20.1 Å². The summed E-state index contributed by atoms with van der Waals surface area (Å²) >= 11 is 0. The Bertz CT molecular complexity index is 398. The molecule has 1 saturated heterocycles. The van der Waals surface area contributed by atoms with E-state index in [-0.39, 0.29) is 0 Å². The molecule has 1 unspecified atom stereocenters. The summed E-state index contributed by atoms with van der Waals surface area (Å²) in [6.45, 7) is 5.31. The summed E-state index contributed by atoms with van der Waals surface area (Å²) < 4.78 is 10.6. The minimum Gasteiger partial charge on any atom is -0.476 e. The first-order valence-corrected chi connectivity index (χ1v) is 6.37. The Morgan fingerprint density at radius 2 is 2.33 bits per heavy atom. The van der Waals surface area contributed by atoms with Crippen LogP contribution in [0.25, 0.3) is 0 Å². The van der Waals surface area contributed by atoms with E-state index in [0.29, 0.717) is 24.1 Å². The zero-order valence-electron chi connectivity index (χ0n) is 11.1. The predicted molar refractivity (Wildman–Crippen MR) is 72.0 cm³/mol. The molecule has 5 heteroatoms. The van der Waals surface area contributed by atoms with Crippen molar-refractivity contribution in [3.8, 4) is 5.88 Å². The molecule has 100 valence electrons. The number of ether oxygens (including phenoxy) is 2. The molecule has 18 heavy (non-hydrogen) atoms. The number of hydrogen-bond acceptors (Lipinski definition) is 5. The highest BCUT2D eigenvalue weighted by molar-refractivity contribution is 5.54. The summed E-state index contributed by atoms with van der Waals surface area (Å²) in [5, 5.41) is 0. The fourth-order valence-corrected chi connectivity index (χ4v) is 2.28. The van der Waals surface area contributed by atoms with E-state index in [4.69, 9.17) is 15.2 Å². The molecule has 2 N–H and O–H groups in total. The van der Waals surface area contributed by atoms with Crippen molar-refractivity contribution in [2.45, 2.75) is 13.3 Å². The highest BCUT2D eigenvalue weighted by Crippen LogP contribution is 2.27. The van der Waals surface area contributed by atoms with Gasteiger partial charge in [0.2, 0.25) is 5.88 Å². The summed E-state index contributed by atoms with van der Waals surface area (Å²) in [6, 6.07) is 3.81. The van der Waals surface area contributed by atoms with Crippen LogP contribution >= 0.6 is 0 Å². The number of nitrogen functional groups attached to an aromatic ring is 1. The molecule has 1 aromatic rings. The van der Waals surface area contributed by atoms with Crippen molar-refractivity contribution in [1.82, 2.24) is 4.98 Å². The Balaban J connectivity index is 2.07. The lowest BCUT2D eigenvalue weighted by molar-refractivity contribution is 0.161. The van der Waals surface area contributed by atoms with E-state index in [2.05, 4.69) is 9.88 Å². The first kappa shape index (κ1) is 13.0. The summed E-state index contributed by atoms with van der Waals surface area (Å²) in [7, 11) is 1.75.